The average Bonchev–Trinajstić information content (AvgIpc) is 3.04. The highest BCUT2D eigenvalue weighted by molar-refractivity contribution is 5.97. The molecule has 1 N–H and O–H groups in total. The van der Waals surface area contributed by atoms with Gasteiger partial charge < -0.3 is 14.6 Å². The number of fused-ring (bicyclic) bond motifs is 3. The Labute approximate surface area is 117 Å². The van der Waals surface area contributed by atoms with Crippen LogP contribution in [0.5, 0.6) is 0 Å². The zero-order valence-electron chi connectivity index (χ0n) is 11.3. The van der Waals surface area contributed by atoms with E-state index in [1.54, 1.807) is 6.26 Å². The first-order valence-electron chi connectivity index (χ1n) is 7.28. The van der Waals surface area contributed by atoms with Crippen molar-refractivity contribution in [1.82, 2.24) is 10.2 Å². The third kappa shape index (κ3) is 2.10. The van der Waals surface area contributed by atoms with E-state index in [1.165, 1.54) is 19.5 Å². The molecule has 1 aromatic heterocycles. The molecule has 2 fully saturated rings. The maximum atomic E-state index is 12.4. The van der Waals surface area contributed by atoms with Crippen molar-refractivity contribution in [2.75, 3.05) is 19.6 Å². The Balaban J connectivity index is 1.49. The van der Waals surface area contributed by atoms with Gasteiger partial charge in [-0.2, -0.15) is 0 Å². The van der Waals surface area contributed by atoms with Crippen LogP contribution in [0.3, 0.4) is 0 Å². The van der Waals surface area contributed by atoms with Gasteiger partial charge in [0.25, 0.3) is 5.91 Å². The van der Waals surface area contributed by atoms with Gasteiger partial charge in [0, 0.05) is 30.1 Å². The summed E-state index contributed by atoms with van der Waals surface area (Å²) in [5.74, 6) is 0.797. The molecule has 2 bridgehead atoms. The van der Waals surface area contributed by atoms with Crippen LogP contribution in [0, 0.1) is 5.92 Å². The second-order valence-corrected chi connectivity index (χ2v) is 5.99. The quantitative estimate of drug-likeness (QED) is 0.910. The van der Waals surface area contributed by atoms with Crippen LogP contribution in [0.2, 0.25) is 0 Å². The van der Waals surface area contributed by atoms with E-state index in [9.17, 15) is 4.79 Å². The summed E-state index contributed by atoms with van der Waals surface area (Å²) in [4.78, 5) is 14.8. The van der Waals surface area contributed by atoms with Crippen molar-refractivity contribution < 1.29 is 9.21 Å². The van der Waals surface area contributed by atoms with Crippen LogP contribution in [-0.2, 0) is 0 Å². The molecule has 2 aromatic rings. The zero-order chi connectivity index (χ0) is 13.5. The second kappa shape index (κ2) is 4.63. The molecule has 104 valence electrons. The molecule has 0 aliphatic carbocycles. The number of benzene rings is 1. The highest BCUT2D eigenvalue weighted by Gasteiger charge is 2.32. The van der Waals surface area contributed by atoms with E-state index in [0.29, 0.717) is 11.6 Å². The minimum Gasteiger partial charge on any atom is -0.464 e. The van der Waals surface area contributed by atoms with Crippen molar-refractivity contribution >= 4 is 16.9 Å². The van der Waals surface area contributed by atoms with Crippen molar-refractivity contribution in [3.05, 3.63) is 36.1 Å². The van der Waals surface area contributed by atoms with Crippen LogP contribution >= 0.6 is 0 Å². The predicted octanol–water partition coefficient (Wildman–Crippen LogP) is 2.26. The topological polar surface area (TPSA) is 45.5 Å². The lowest BCUT2D eigenvalue weighted by atomic mass is 9.96. The number of piperidine rings is 1. The van der Waals surface area contributed by atoms with Gasteiger partial charge >= 0.3 is 0 Å². The molecule has 2 aliphatic heterocycles. The van der Waals surface area contributed by atoms with Crippen molar-refractivity contribution in [3.63, 3.8) is 0 Å². The van der Waals surface area contributed by atoms with Gasteiger partial charge in [-0.25, -0.2) is 0 Å². The minimum absolute atomic E-state index is 0.0283. The van der Waals surface area contributed by atoms with Crippen molar-refractivity contribution in [1.29, 1.82) is 0 Å². The van der Waals surface area contributed by atoms with E-state index in [4.69, 9.17) is 4.42 Å². The maximum Gasteiger partial charge on any atom is 0.251 e. The average molecular weight is 270 g/mol. The van der Waals surface area contributed by atoms with E-state index in [0.717, 1.165) is 29.9 Å². The number of carbonyl (C=O) groups is 1. The number of nitrogens with one attached hydrogen (secondary N) is 1. The maximum absolute atomic E-state index is 12.4. The molecule has 1 aromatic carbocycles. The molecule has 4 nitrogen and oxygen atoms in total. The lowest BCUT2D eigenvalue weighted by Crippen LogP contribution is -2.47. The number of rotatable bonds is 2. The molecule has 4 heteroatoms. The third-order valence-corrected chi connectivity index (χ3v) is 4.52. The summed E-state index contributed by atoms with van der Waals surface area (Å²) in [6.07, 6.45) is 4.06. The summed E-state index contributed by atoms with van der Waals surface area (Å²) in [7, 11) is 0. The van der Waals surface area contributed by atoms with Crippen LogP contribution < -0.4 is 5.32 Å². The fourth-order valence-corrected chi connectivity index (χ4v) is 3.54. The molecule has 0 saturated carbocycles. The van der Waals surface area contributed by atoms with Gasteiger partial charge in [0.2, 0.25) is 0 Å². The second-order valence-electron chi connectivity index (χ2n) is 5.99. The Morgan fingerprint density at radius 1 is 1.30 bits per heavy atom. The lowest BCUT2D eigenvalue weighted by molar-refractivity contribution is 0.0909. The normalized spacial score (nSPS) is 28.7. The van der Waals surface area contributed by atoms with Crippen molar-refractivity contribution in [2.24, 2.45) is 5.92 Å². The Morgan fingerprint density at radius 2 is 2.25 bits per heavy atom. The Hall–Kier alpha value is -1.81. The van der Waals surface area contributed by atoms with Crippen LogP contribution in [0.1, 0.15) is 23.2 Å². The number of hydrogen-bond acceptors (Lipinski definition) is 3. The first-order valence-corrected chi connectivity index (χ1v) is 7.28. The number of hydrogen-bond donors (Lipinski definition) is 1. The SMILES string of the molecule is O=C(N[C@@H]1C[C@H]2CCN(C2)C1)c1ccc2occc2c1. The molecule has 2 saturated heterocycles. The molecular formula is C16H18N2O2. The fraction of sp³-hybridized carbons (Fsp3) is 0.438. The standard InChI is InChI=1S/C16H18N2O2/c19-16(13-1-2-15-12(8-13)4-6-20-15)17-14-7-11-3-5-18(9-11)10-14/h1-2,4,6,8,11,14H,3,5,7,9-10H2,(H,17,19)/t11-,14-/m1/s1. The van der Waals surface area contributed by atoms with Crippen molar-refractivity contribution in [2.45, 2.75) is 18.9 Å². The Morgan fingerprint density at radius 3 is 3.15 bits per heavy atom. The van der Waals surface area contributed by atoms with E-state index >= 15 is 0 Å². The summed E-state index contributed by atoms with van der Waals surface area (Å²) in [6.45, 7) is 3.40. The number of amides is 1. The molecule has 20 heavy (non-hydrogen) atoms. The van der Waals surface area contributed by atoms with Crippen LogP contribution in [0.4, 0.5) is 0 Å². The minimum atomic E-state index is 0.0283. The van der Waals surface area contributed by atoms with Crippen LogP contribution in [0.25, 0.3) is 11.0 Å². The summed E-state index contributed by atoms with van der Waals surface area (Å²) < 4.78 is 5.30. The van der Waals surface area contributed by atoms with Crippen molar-refractivity contribution in [3.8, 4) is 0 Å². The molecule has 3 heterocycles. The highest BCUT2D eigenvalue weighted by atomic mass is 16.3. The van der Waals surface area contributed by atoms with Gasteiger partial charge in [0.15, 0.2) is 0 Å². The molecule has 1 amide bonds. The third-order valence-electron chi connectivity index (χ3n) is 4.52. The number of furan rings is 1. The van der Waals surface area contributed by atoms with Gasteiger partial charge in [-0.05, 0) is 49.6 Å². The number of carbonyl (C=O) groups excluding carboxylic acids is 1. The fourth-order valence-electron chi connectivity index (χ4n) is 3.54. The monoisotopic (exact) mass is 270 g/mol. The zero-order valence-corrected chi connectivity index (χ0v) is 11.3. The smallest absolute Gasteiger partial charge is 0.251 e. The van der Waals surface area contributed by atoms with Gasteiger partial charge in [-0.15, -0.1) is 0 Å². The molecule has 0 spiro atoms. The van der Waals surface area contributed by atoms with E-state index in [1.807, 2.05) is 24.3 Å². The number of nitrogens with zero attached hydrogens (tertiary/aromatic N) is 1. The Bertz CT molecular complexity index is 637. The first-order chi connectivity index (χ1) is 9.78. The van der Waals surface area contributed by atoms with Gasteiger partial charge in [0.1, 0.15) is 5.58 Å². The van der Waals surface area contributed by atoms with Gasteiger partial charge in [-0.3, -0.25) is 4.79 Å². The van der Waals surface area contributed by atoms with Gasteiger partial charge in [-0.1, -0.05) is 0 Å². The van der Waals surface area contributed by atoms with E-state index in [-0.39, 0.29) is 5.91 Å². The summed E-state index contributed by atoms with van der Waals surface area (Å²) in [5.41, 5.74) is 1.54. The summed E-state index contributed by atoms with van der Waals surface area (Å²) in [6, 6.07) is 7.77. The van der Waals surface area contributed by atoms with Crippen LogP contribution in [0.15, 0.2) is 34.9 Å². The lowest BCUT2D eigenvalue weighted by Gasteiger charge is -2.30. The molecule has 2 aliphatic rings. The molecule has 1 unspecified atom stereocenters. The largest absolute Gasteiger partial charge is 0.464 e. The predicted molar refractivity (Wildman–Crippen MR) is 76.6 cm³/mol. The summed E-state index contributed by atoms with van der Waals surface area (Å²) >= 11 is 0. The molecule has 4 rings (SSSR count). The first kappa shape index (κ1) is 12.0. The summed E-state index contributed by atoms with van der Waals surface area (Å²) in [5, 5.41) is 4.16. The van der Waals surface area contributed by atoms with Crippen LogP contribution in [-0.4, -0.2) is 36.5 Å². The molecule has 0 radical (unpaired) electrons. The molecule has 3 atom stereocenters. The Kier molecular flexibility index (Phi) is 2.77. The highest BCUT2D eigenvalue weighted by Crippen LogP contribution is 2.27. The molecular weight excluding hydrogens is 252 g/mol. The van der Waals surface area contributed by atoms with E-state index < -0.39 is 0 Å². The van der Waals surface area contributed by atoms with E-state index in [2.05, 4.69) is 10.2 Å². The van der Waals surface area contributed by atoms with Gasteiger partial charge in [0.05, 0.1) is 6.26 Å².